The molecule has 2 bridgehead atoms. The van der Waals surface area contributed by atoms with Crippen LogP contribution in [0.25, 0.3) is 16.5 Å². The van der Waals surface area contributed by atoms with E-state index in [4.69, 9.17) is 20.9 Å². The number of para-hydroxylation sites is 1. The highest BCUT2D eigenvalue weighted by Gasteiger charge is 2.39. The molecule has 4 N–H and O–H groups in total. The zero-order valence-corrected chi connectivity index (χ0v) is 15.1. The molecule has 1 aromatic heterocycles. The average Bonchev–Trinajstić information content (AvgIpc) is 3.27. The average molecular weight is 368 g/mol. The normalized spacial score (nSPS) is 20.5. The first-order valence-corrected chi connectivity index (χ1v) is 9.22. The molecular weight excluding hydrogens is 344 g/mol. The number of aromatic nitrogens is 1. The van der Waals surface area contributed by atoms with Crippen LogP contribution in [0.5, 0.6) is 0 Å². The molecule has 27 heavy (non-hydrogen) atoms. The number of carboxylic acids is 2. The van der Waals surface area contributed by atoms with Crippen LogP contribution in [-0.4, -0.2) is 33.7 Å². The van der Waals surface area contributed by atoms with Crippen molar-refractivity contribution in [3.63, 3.8) is 0 Å². The van der Waals surface area contributed by atoms with Gasteiger partial charge in [0.05, 0.1) is 24.1 Å². The van der Waals surface area contributed by atoms with E-state index in [1.54, 1.807) is 0 Å². The Morgan fingerprint density at radius 3 is 2.33 bits per heavy atom. The Bertz CT molecular complexity index is 877. The second-order valence-corrected chi connectivity index (χ2v) is 7.03. The molecule has 2 aliphatic rings. The van der Waals surface area contributed by atoms with Crippen molar-refractivity contribution in [3.05, 3.63) is 47.7 Å². The molecular formula is C21H24N2O4. The second kappa shape index (κ2) is 8.31. The van der Waals surface area contributed by atoms with Gasteiger partial charge in [0, 0.05) is 11.9 Å². The predicted octanol–water partition coefficient (Wildman–Crippen LogP) is 3.31. The van der Waals surface area contributed by atoms with Gasteiger partial charge in [0.15, 0.2) is 0 Å². The van der Waals surface area contributed by atoms with Crippen molar-refractivity contribution in [2.75, 3.05) is 6.54 Å². The number of carboxylic acid groups (broad SMARTS) is 2. The lowest BCUT2D eigenvalue weighted by Gasteiger charge is -2.18. The maximum Gasteiger partial charge on any atom is 0.303 e. The number of aliphatic carboxylic acids is 2. The Balaban J connectivity index is 0.000000226. The highest BCUT2D eigenvalue weighted by Crippen LogP contribution is 2.51. The lowest BCUT2D eigenvalue weighted by Crippen LogP contribution is -2.12. The van der Waals surface area contributed by atoms with Gasteiger partial charge in [-0.05, 0) is 54.4 Å². The molecule has 4 rings (SSSR count). The molecule has 6 nitrogen and oxygen atoms in total. The summed E-state index contributed by atoms with van der Waals surface area (Å²) >= 11 is 0. The molecule has 0 radical (unpaired) electrons. The SMILES string of the molecule is NCC1=C(c2ccc3ccccc3n2)C2CCC1C2.O=C(O)CCC(=O)O. The van der Waals surface area contributed by atoms with Crippen molar-refractivity contribution in [2.45, 2.75) is 32.1 Å². The summed E-state index contributed by atoms with van der Waals surface area (Å²) in [7, 11) is 0. The summed E-state index contributed by atoms with van der Waals surface area (Å²) in [5, 5.41) is 17.0. The summed E-state index contributed by atoms with van der Waals surface area (Å²) < 4.78 is 0. The van der Waals surface area contributed by atoms with E-state index in [9.17, 15) is 9.59 Å². The molecule has 2 atom stereocenters. The minimum absolute atomic E-state index is 0.296. The van der Waals surface area contributed by atoms with Gasteiger partial charge < -0.3 is 15.9 Å². The highest BCUT2D eigenvalue weighted by atomic mass is 16.4. The molecule has 1 heterocycles. The topological polar surface area (TPSA) is 114 Å². The molecule has 6 heteroatoms. The standard InChI is InChI=1S/C17H18N2.C4H6O4/c18-10-14-12-5-6-13(9-12)17(14)16-8-7-11-3-1-2-4-15(11)19-16;5-3(6)1-2-4(7)8/h1-4,7-8,12-13H,5-6,9-10,18H2;1-2H2,(H,5,6)(H,7,8). The van der Waals surface area contributed by atoms with Gasteiger partial charge in [0.2, 0.25) is 0 Å². The van der Waals surface area contributed by atoms with Gasteiger partial charge >= 0.3 is 11.9 Å². The molecule has 1 saturated carbocycles. The zero-order chi connectivity index (χ0) is 19.4. The third kappa shape index (κ3) is 4.34. The van der Waals surface area contributed by atoms with Crippen molar-refractivity contribution in [1.82, 2.24) is 4.98 Å². The number of nitrogens with two attached hydrogens (primary N) is 1. The first-order chi connectivity index (χ1) is 13.0. The van der Waals surface area contributed by atoms with Crippen molar-refractivity contribution >= 4 is 28.4 Å². The zero-order valence-electron chi connectivity index (χ0n) is 15.1. The fourth-order valence-electron chi connectivity index (χ4n) is 4.12. The van der Waals surface area contributed by atoms with E-state index < -0.39 is 11.9 Å². The number of nitrogens with zero attached hydrogens (tertiary/aromatic N) is 1. The highest BCUT2D eigenvalue weighted by molar-refractivity contribution is 5.82. The molecule has 1 aromatic carbocycles. The fourth-order valence-corrected chi connectivity index (χ4v) is 4.12. The van der Waals surface area contributed by atoms with Crippen molar-refractivity contribution in [2.24, 2.45) is 17.6 Å². The molecule has 2 aliphatic carbocycles. The first kappa shape index (κ1) is 19.0. The van der Waals surface area contributed by atoms with Crippen LogP contribution in [0.3, 0.4) is 0 Å². The molecule has 0 saturated heterocycles. The number of hydrogen-bond donors (Lipinski definition) is 3. The maximum absolute atomic E-state index is 9.64. The van der Waals surface area contributed by atoms with Crippen LogP contribution in [0.15, 0.2) is 42.0 Å². The van der Waals surface area contributed by atoms with Crippen molar-refractivity contribution in [3.8, 4) is 0 Å². The predicted molar refractivity (Wildman–Crippen MR) is 103 cm³/mol. The van der Waals surface area contributed by atoms with Crippen LogP contribution in [0.4, 0.5) is 0 Å². The lowest BCUT2D eigenvalue weighted by atomic mass is 9.89. The molecule has 142 valence electrons. The fraction of sp³-hybridized carbons (Fsp3) is 0.381. The molecule has 0 spiro atoms. The number of carbonyl (C=O) groups is 2. The van der Waals surface area contributed by atoms with E-state index >= 15 is 0 Å². The van der Waals surface area contributed by atoms with Crippen LogP contribution < -0.4 is 5.73 Å². The van der Waals surface area contributed by atoms with E-state index in [2.05, 4.69) is 36.4 Å². The van der Waals surface area contributed by atoms with Gasteiger partial charge in [-0.2, -0.15) is 0 Å². The van der Waals surface area contributed by atoms with E-state index in [0.717, 1.165) is 17.1 Å². The third-order valence-corrected chi connectivity index (χ3v) is 5.33. The van der Waals surface area contributed by atoms with E-state index in [1.165, 1.54) is 35.8 Å². The lowest BCUT2D eigenvalue weighted by molar-refractivity contribution is -0.143. The molecule has 0 aliphatic heterocycles. The van der Waals surface area contributed by atoms with Crippen LogP contribution in [0.2, 0.25) is 0 Å². The summed E-state index contributed by atoms with van der Waals surface area (Å²) in [4.78, 5) is 24.1. The summed E-state index contributed by atoms with van der Waals surface area (Å²) in [6.07, 6.45) is 3.35. The minimum Gasteiger partial charge on any atom is -0.481 e. The summed E-state index contributed by atoms with van der Waals surface area (Å²) in [6, 6.07) is 12.7. The molecule has 0 amide bonds. The van der Waals surface area contributed by atoms with E-state index in [0.29, 0.717) is 12.5 Å². The summed E-state index contributed by atoms with van der Waals surface area (Å²) in [6.45, 7) is 0.699. The van der Waals surface area contributed by atoms with Gasteiger partial charge in [-0.25, -0.2) is 4.98 Å². The number of fused-ring (bicyclic) bond motifs is 3. The minimum atomic E-state index is -1.08. The smallest absolute Gasteiger partial charge is 0.303 e. The van der Waals surface area contributed by atoms with Gasteiger partial charge in [-0.15, -0.1) is 0 Å². The Hall–Kier alpha value is -2.73. The first-order valence-electron chi connectivity index (χ1n) is 9.22. The molecule has 1 fully saturated rings. The quantitative estimate of drug-likeness (QED) is 0.746. The van der Waals surface area contributed by atoms with Crippen LogP contribution >= 0.6 is 0 Å². The Morgan fingerprint density at radius 1 is 1.00 bits per heavy atom. The monoisotopic (exact) mass is 368 g/mol. The van der Waals surface area contributed by atoms with Crippen molar-refractivity contribution in [1.29, 1.82) is 0 Å². The largest absolute Gasteiger partial charge is 0.481 e. The van der Waals surface area contributed by atoms with Crippen LogP contribution in [0.1, 0.15) is 37.8 Å². The van der Waals surface area contributed by atoms with Gasteiger partial charge in [-0.3, -0.25) is 9.59 Å². The van der Waals surface area contributed by atoms with E-state index in [-0.39, 0.29) is 12.8 Å². The van der Waals surface area contributed by atoms with Crippen LogP contribution in [-0.2, 0) is 9.59 Å². The number of benzene rings is 1. The second-order valence-electron chi connectivity index (χ2n) is 7.03. The Kier molecular flexibility index (Phi) is 5.86. The van der Waals surface area contributed by atoms with E-state index in [1.807, 2.05) is 0 Å². The number of hydrogen-bond acceptors (Lipinski definition) is 4. The maximum atomic E-state index is 9.64. The Labute approximate surface area is 157 Å². The van der Waals surface area contributed by atoms with Crippen LogP contribution in [0, 0.1) is 11.8 Å². The van der Waals surface area contributed by atoms with Gasteiger partial charge in [0.25, 0.3) is 0 Å². The number of rotatable bonds is 5. The van der Waals surface area contributed by atoms with Crippen molar-refractivity contribution < 1.29 is 19.8 Å². The third-order valence-electron chi connectivity index (χ3n) is 5.33. The van der Waals surface area contributed by atoms with Gasteiger partial charge in [0.1, 0.15) is 0 Å². The molecule has 2 aromatic rings. The number of allylic oxidation sites excluding steroid dienone is 1. The Morgan fingerprint density at radius 2 is 1.67 bits per heavy atom. The molecule has 2 unspecified atom stereocenters. The number of pyridine rings is 1. The summed E-state index contributed by atoms with van der Waals surface area (Å²) in [5.41, 5.74) is 11.2. The van der Waals surface area contributed by atoms with Gasteiger partial charge in [-0.1, -0.05) is 24.3 Å². The summed E-state index contributed by atoms with van der Waals surface area (Å²) in [5.74, 6) is -0.713.